The van der Waals surface area contributed by atoms with E-state index in [1.807, 2.05) is 0 Å². The Bertz CT molecular complexity index is 402. The van der Waals surface area contributed by atoms with Crippen molar-refractivity contribution < 1.29 is 22.3 Å². The highest BCUT2D eigenvalue weighted by Gasteiger charge is 2.03. The lowest BCUT2D eigenvalue weighted by molar-refractivity contribution is 0.141. The highest BCUT2D eigenvalue weighted by atomic mass is 32.3. The van der Waals surface area contributed by atoms with Gasteiger partial charge in [-0.3, -0.25) is 14.1 Å². The standard InChI is InChI=1S/C20H43NO.CH4O4S/c1-4-5-6-7-8-9-10-11-12-13-14-15-16-17-18-19(2)21-20(3)22;1-5-6(2,3)4/h19-22H,4-18H2,1-3H3;1H3,(H,2,3,4). The molecule has 0 saturated carbocycles. The monoisotopic (exact) mass is 425 g/mol. The molecule has 0 aliphatic carbocycles. The van der Waals surface area contributed by atoms with Crippen molar-refractivity contribution in [3.8, 4) is 0 Å². The molecule has 0 bridgehead atoms. The van der Waals surface area contributed by atoms with Gasteiger partial charge in [-0.2, -0.15) is 8.42 Å². The van der Waals surface area contributed by atoms with E-state index in [-0.39, 0.29) is 6.23 Å². The Morgan fingerprint density at radius 2 is 1.11 bits per heavy atom. The van der Waals surface area contributed by atoms with E-state index in [9.17, 15) is 13.5 Å². The van der Waals surface area contributed by atoms with Crippen LogP contribution in [0.1, 0.15) is 117 Å². The topological polar surface area (TPSA) is 95.9 Å². The molecule has 3 N–H and O–H groups in total. The Morgan fingerprint density at radius 3 is 1.39 bits per heavy atom. The van der Waals surface area contributed by atoms with Crippen LogP contribution in [0.4, 0.5) is 0 Å². The van der Waals surface area contributed by atoms with Gasteiger partial charge in [0, 0.05) is 6.04 Å². The third-order valence-electron chi connectivity index (χ3n) is 4.73. The van der Waals surface area contributed by atoms with Crippen LogP contribution in [-0.2, 0) is 14.6 Å². The third kappa shape index (κ3) is 30.5. The molecule has 172 valence electrons. The number of nitrogens with one attached hydrogen (secondary N) is 1. The fourth-order valence-electron chi connectivity index (χ4n) is 3.14. The van der Waals surface area contributed by atoms with Crippen LogP contribution >= 0.6 is 0 Å². The van der Waals surface area contributed by atoms with Crippen LogP contribution in [-0.4, -0.2) is 37.5 Å². The highest BCUT2D eigenvalue weighted by Crippen LogP contribution is 2.13. The molecule has 28 heavy (non-hydrogen) atoms. The van der Waals surface area contributed by atoms with E-state index in [2.05, 4.69) is 23.3 Å². The summed E-state index contributed by atoms with van der Waals surface area (Å²) in [5.74, 6) is 0. The third-order valence-corrected chi connectivity index (χ3v) is 5.15. The minimum Gasteiger partial charge on any atom is -0.379 e. The number of aliphatic hydroxyl groups is 1. The molecular formula is C21H47NO5S. The smallest absolute Gasteiger partial charge is 0.379 e. The van der Waals surface area contributed by atoms with E-state index in [1.165, 1.54) is 96.3 Å². The quantitative estimate of drug-likeness (QED) is 0.150. The molecule has 0 heterocycles. The zero-order valence-corrected chi connectivity index (χ0v) is 19.6. The van der Waals surface area contributed by atoms with Gasteiger partial charge in [-0.05, 0) is 20.3 Å². The first-order valence-electron chi connectivity index (χ1n) is 11.2. The Balaban J connectivity index is 0. The molecule has 0 rings (SSSR count). The molecule has 0 aromatic carbocycles. The van der Waals surface area contributed by atoms with Crippen molar-refractivity contribution in [1.82, 2.24) is 5.32 Å². The van der Waals surface area contributed by atoms with Gasteiger partial charge in [0.05, 0.1) is 7.11 Å². The summed E-state index contributed by atoms with van der Waals surface area (Å²) in [6.07, 6.45) is 20.6. The van der Waals surface area contributed by atoms with Gasteiger partial charge in [0.2, 0.25) is 0 Å². The lowest BCUT2D eigenvalue weighted by Crippen LogP contribution is -2.33. The van der Waals surface area contributed by atoms with Crippen molar-refractivity contribution in [1.29, 1.82) is 0 Å². The molecule has 0 radical (unpaired) electrons. The summed E-state index contributed by atoms with van der Waals surface area (Å²) in [4.78, 5) is 0. The first-order chi connectivity index (χ1) is 13.2. The van der Waals surface area contributed by atoms with Gasteiger partial charge in [0.1, 0.15) is 6.23 Å². The molecule has 0 aliphatic heterocycles. The van der Waals surface area contributed by atoms with Gasteiger partial charge < -0.3 is 5.11 Å². The van der Waals surface area contributed by atoms with Crippen molar-refractivity contribution in [3.05, 3.63) is 0 Å². The van der Waals surface area contributed by atoms with Gasteiger partial charge in [-0.1, -0.05) is 96.8 Å². The largest absolute Gasteiger partial charge is 0.397 e. The highest BCUT2D eigenvalue weighted by molar-refractivity contribution is 7.80. The molecule has 0 saturated heterocycles. The lowest BCUT2D eigenvalue weighted by atomic mass is 10.0. The molecule has 0 spiro atoms. The first kappa shape index (κ1) is 30.0. The number of aliphatic hydroxyl groups excluding tert-OH is 1. The Kier molecular flexibility index (Phi) is 23.0. The van der Waals surface area contributed by atoms with Crippen LogP contribution < -0.4 is 5.32 Å². The molecule has 7 heteroatoms. The minimum atomic E-state index is -4.16. The number of hydrogen-bond acceptors (Lipinski definition) is 5. The second-order valence-corrected chi connectivity index (χ2v) is 8.91. The van der Waals surface area contributed by atoms with Crippen molar-refractivity contribution >= 4 is 10.4 Å². The average Bonchev–Trinajstić information content (AvgIpc) is 2.61. The average molecular weight is 426 g/mol. The second kappa shape index (κ2) is 21.5. The molecule has 0 aromatic rings. The van der Waals surface area contributed by atoms with E-state index in [1.54, 1.807) is 6.92 Å². The fraction of sp³-hybridized carbons (Fsp3) is 1.00. The van der Waals surface area contributed by atoms with E-state index in [0.29, 0.717) is 6.04 Å². The summed E-state index contributed by atoms with van der Waals surface area (Å²) in [6.45, 7) is 6.24. The predicted molar refractivity (Wildman–Crippen MR) is 118 cm³/mol. The molecule has 0 aliphatic rings. The summed E-state index contributed by atoms with van der Waals surface area (Å²) < 4.78 is 29.7. The molecule has 6 nitrogen and oxygen atoms in total. The van der Waals surface area contributed by atoms with Crippen LogP contribution in [0.2, 0.25) is 0 Å². The maximum atomic E-state index is 9.33. The Hall–Kier alpha value is -0.210. The van der Waals surface area contributed by atoms with Gasteiger partial charge in [0.15, 0.2) is 0 Å². The van der Waals surface area contributed by atoms with Crippen LogP contribution in [0, 0.1) is 0 Å². The van der Waals surface area contributed by atoms with Gasteiger partial charge >= 0.3 is 10.4 Å². The molecular weight excluding hydrogens is 378 g/mol. The van der Waals surface area contributed by atoms with Crippen molar-refractivity contribution in [2.75, 3.05) is 7.11 Å². The minimum absolute atomic E-state index is 0.373. The fourth-order valence-corrected chi connectivity index (χ4v) is 3.14. The number of unbranched alkanes of at least 4 members (excludes halogenated alkanes) is 13. The zero-order valence-electron chi connectivity index (χ0n) is 18.8. The molecule has 2 unspecified atom stereocenters. The van der Waals surface area contributed by atoms with E-state index < -0.39 is 10.4 Å². The zero-order chi connectivity index (χ0) is 21.7. The van der Waals surface area contributed by atoms with Gasteiger partial charge in [-0.15, -0.1) is 0 Å². The summed E-state index contributed by atoms with van der Waals surface area (Å²) in [5.41, 5.74) is 0. The maximum Gasteiger partial charge on any atom is 0.397 e. The van der Waals surface area contributed by atoms with E-state index >= 15 is 0 Å². The van der Waals surface area contributed by atoms with Crippen molar-refractivity contribution in [2.45, 2.75) is 129 Å². The second-order valence-electron chi connectivity index (χ2n) is 7.72. The van der Waals surface area contributed by atoms with Gasteiger partial charge in [-0.25, -0.2) is 0 Å². The summed E-state index contributed by atoms with van der Waals surface area (Å²) in [6, 6.07) is 0.442. The van der Waals surface area contributed by atoms with Crippen LogP contribution in [0.15, 0.2) is 0 Å². The SMILES string of the molecule is CCCCCCCCCCCCCCCCC(C)NC(C)O.COS(=O)(=O)O. The number of hydrogen-bond donors (Lipinski definition) is 3. The molecule has 2 atom stereocenters. The van der Waals surface area contributed by atoms with Crippen LogP contribution in [0.5, 0.6) is 0 Å². The van der Waals surface area contributed by atoms with Crippen LogP contribution in [0.25, 0.3) is 0 Å². The predicted octanol–water partition coefficient (Wildman–Crippen LogP) is 5.61. The summed E-state index contributed by atoms with van der Waals surface area (Å²) in [7, 11) is -3.29. The first-order valence-corrected chi connectivity index (χ1v) is 12.6. The number of rotatable bonds is 18. The molecule has 0 fully saturated rings. The summed E-state index contributed by atoms with van der Waals surface area (Å²) in [5, 5.41) is 12.4. The lowest BCUT2D eigenvalue weighted by Gasteiger charge is -2.15. The van der Waals surface area contributed by atoms with E-state index in [0.717, 1.165) is 7.11 Å². The summed E-state index contributed by atoms with van der Waals surface area (Å²) >= 11 is 0. The van der Waals surface area contributed by atoms with Gasteiger partial charge in [0.25, 0.3) is 0 Å². The van der Waals surface area contributed by atoms with Crippen LogP contribution in [0.3, 0.4) is 0 Å². The Morgan fingerprint density at radius 1 is 0.786 bits per heavy atom. The normalized spacial score (nSPS) is 13.6. The molecule has 0 amide bonds. The Labute approximate surface area is 174 Å². The van der Waals surface area contributed by atoms with E-state index in [4.69, 9.17) is 4.55 Å². The van der Waals surface area contributed by atoms with Crippen molar-refractivity contribution in [3.63, 3.8) is 0 Å². The maximum absolute atomic E-state index is 9.33. The molecule has 0 aromatic heterocycles. The van der Waals surface area contributed by atoms with Crippen molar-refractivity contribution in [2.24, 2.45) is 0 Å².